The second-order valence-corrected chi connectivity index (χ2v) is 5.24. The summed E-state index contributed by atoms with van der Waals surface area (Å²) in [7, 11) is 0. The summed E-state index contributed by atoms with van der Waals surface area (Å²) in [6.45, 7) is -2.90. The molecule has 0 spiro atoms. The smallest absolute Gasteiger partial charge is 1.00 e. The third-order valence-corrected chi connectivity index (χ3v) is 3.02. The fourth-order valence-corrected chi connectivity index (χ4v) is 1.34. The van der Waals surface area contributed by atoms with Crippen molar-refractivity contribution in [2.75, 3.05) is 26.4 Å². The molecule has 0 radical (unpaired) electrons. The number of hydrogen-bond acceptors (Lipinski definition) is 13. The van der Waals surface area contributed by atoms with Crippen LogP contribution in [0.2, 0.25) is 0 Å². The molecular weight excluding hydrogens is 463 g/mol. The summed E-state index contributed by atoms with van der Waals surface area (Å²) >= 11 is 0. The van der Waals surface area contributed by atoms with E-state index in [0.29, 0.717) is 0 Å². The third-order valence-electron chi connectivity index (χ3n) is 3.02. The molecule has 0 rings (SSSR count). The summed E-state index contributed by atoms with van der Waals surface area (Å²) in [5.41, 5.74) is 0. The van der Waals surface area contributed by atoms with Gasteiger partial charge in [-0.05, 0) is 0 Å². The zero-order valence-electron chi connectivity index (χ0n) is 17.8. The number of aliphatic hydroxyl groups is 12. The average Bonchev–Trinajstić information content (AvgIpc) is 2.68. The van der Waals surface area contributed by atoms with Crippen LogP contribution in [0.15, 0.2) is 0 Å². The van der Waals surface area contributed by atoms with E-state index < -0.39 is 81.4 Å². The van der Waals surface area contributed by atoms with Crippen LogP contribution < -0.4 is 0 Å². The minimum absolute atomic E-state index is 0. The summed E-state index contributed by atoms with van der Waals surface area (Å²) in [5.74, 6) is 0. The maximum absolute atomic E-state index is 8.96. The zero-order valence-corrected chi connectivity index (χ0v) is 17.2. The molecule has 0 aliphatic rings. The minimum Gasteiger partial charge on any atom is -1.00 e. The standard InChI is InChI=1S/2C6H14O6.CH2O3.Al.Mg.H2O.5H/c2*7-1-3(9)5(11)6(12)4(10)2-8;2-1(3)4;;;;;;;;/h2*3-12H,1-2H2;(H2,2,3,4);;;1H2;;;;;/q;;;;+2;;;;;2*-1. The van der Waals surface area contributed by atoms with Gasteiger partial charge in [-0.3, -0.25) is 0 Å². The maximum atomic E-state index is 8.96. The average molecular weight is 501 g/mol. The largest absolute Gasteiger partial charge is 2.00 e. The van der Waals surface area contributed by atoms with Gasteiger partial charge in [-0.15, -0.1) is 0 Å². The molecule has 0 aromatic carbocycles. The first-order chi connectivity index (χ1) is 12.8. The Hall–Kier alpha value is 0.0487. The summed E-state index contributed by atoms with van der Waals surface area (Å²) in [4.78, 5) is 8.56. The number of hydrogen-bond donors (Lipinski definition) is 14. The van der Waals surface area contributed by atoms with Gasteiger partial charge in [0.1, 0.15) is 48.8 Å². The molecule has 0 saturated heterocycles. The van der Waals surface area contributed by atoms with Crippen LogP contribution in [0.25, 0.3) is 0 Å². The van der Waals surface area contributed by atoms with E-state index in [1.54, 1.807) is 0 Å². The summed E-state index contributed by atoms with van der Waals surface area (Å²) in [6.07, 6.45) is -14.6. The molecule has 18 heteroatoms. The van der Waals surface area contributed by atoms with E-state index in [0.717, 1.165) is 0 Å². The molecule has 0 aliphatic carbocycles. The molecule has 0 saturated carbocycles. The van der Waals surface area contributed by atoms with Crippen molar-refractivity contribution in [1.82, 2.24) is 0 Å². The monoisotopic (exact) mass is 500 g/mol. The quantitative estimate of drug-likeness (QED) is 0.124. The van der Waals surface area contributed by atoms with E-state index >= 15 is 0 Å². The van der Waals surface area contributed by atoms with Crippen LogP contribution in [0.4, 0.5) is 4.79 Å². The Kier molecular flexibility index (Phi) is 37.9. The molecule has 8 atom stereocenters. The maximum Gasteiger partial charge on any atom is 2.00 e. The first-order valence-corrected chi connectivity index (χ1v) is 7.61. The summed E-state index contributed by atoms with van der Waals surface area (Å²) in [6, 6.07) is 0. The fourth-order valence-electron chi connectivity index (χ4n) is 1.34. The van der Waals surface area contributed by atoms with E-state index in [9.17, 15) is 0 Å². The molecule has 0 fully saturated rings. The van der Waals surface area contributed by atoms with Crippen molar-refractivity contribution in [3.63, 3.8) is 0 Å². The van der Waals surface area contributed by atoms with Gasteiger partial charge in [0.15, 0.2) is 17.4 Å². The van der Waals surface area contributed by atoms with Crippen LogP contribution in [0.3, 0.4) is 0 Å². The van der Waals surface area contributed by atoms with E-state index in [4.69, 9.17) is 76.3 Å². The molecule has 0 amide bonds. The molecule has 0 bridgehead atoms. The van der Waals surface area contributed by atoms with Crippen LogP contribution in [0.1, 0.15) is 2.85 Å². The van der Waals surface area contributed by atoms with Gasteiger partial charge in [-0.25, -0.2) is 4.79 Å². The van der Waals surface area contributed by atoms with Gasteiger partial charge in [0, 0.05) is 0 Å². The molecule has 0 aromatic heterocycles. The number of carbonyl (C=O) groups is 1. The van der Waals surface area contributed by atoms with Gasteiger partial charge >= 0.3 is 29.2 Å². The van der Waals surface area contributed by atoms with Crippen LogP contribution >= 0.6 is 0 Å². The molecule has 0 heterocycles. The molecule has 16 N–H and O–H groups in total. The number of aliphatic hydroxyl groups excluding tert-OH is 12. The van der Waals surface area contributed by atoms with E-state index in [-0.39, 0.29) is 48.7 Å². The van der Waals surface area contributed by atoms with Crippen molar-refractivity contribution in [2.24, 2.45) is 0 Å². The van der Waals surface area contributed by atoms with Gasteiger partial charge in [0.05, 0.1) is 26.4 Å². The van der Waals surface area contributed by atoms with Crippen molar-refractivity contribution in [3.05, 3.63) is 0 Å². The molecule has 0 aliphatic heterocycles. The molecule has 0 aromatic rings. The van der Waals surface area contributed by atoms with Gasteiger partial charge in [0.25, 0.3) is 0 Å². The Morgan fingerprint density at radius 3 is 0.710 bits per heavy atom. The molecular formula is C13H37AlMgO16. The third kappa shape index (κ3) is 23.0. The minimum atomic E-state index is -1.83. The van der Waals surface area contributed by atoms with Gasteiger partial charge in [-0.2, -0.15) is 0 Å². The Balaban J connectivity index is -0.0000000480. The summed E-state index contributed by atoms with van der Waals surface area (Å²) in [5, 5.41) is 118. The molecule has 190 valence electrons. The SMILES string of the molecule is O.O=C(O)O.OCC(O)C(O)C(O)C(O)CO.OCC(O)C(O)C(O)C(O)CO.[AlH3].[H-].[H-].[Mg+2]. The van der Waals surface area contributed by atoms with Gasteiger partial charge in [0.2, 0.25) is 0 Å². The van der Waals surface area contributed by atoms with Crippen molar-refractivity contribution < 1.29 is 84.6 Å². The van der Waals surface area contributed by atoms with Crippen molar-refractivity contribution in [2.45, 2.75) is 48.8 Å². The van der Waals surface area contributed by atoms with Gasteiger partial charge in [-0.1, -0.05) is 0 Å². The van der Waals surface area contributed by atoms with Gasteiger partial charge < -0.3 is 79.8 Å². The van der Waals surface area contributed by atoms with Crippen molar-refractivity contribution in [3.8, 4) is 0 Å². The topological polar surface area (TPSA) is 332 Å². The van der Waals surface area contributed by atoms with Crippen LogP contribution in [-0.4, -0.2) is 199 Å². The molecule has 31 heavy (non-hydrogen) atoms. The first kappa shape index (κ1) is 44.7. The zero-order chi connectivity index (χ0) is 23.0. The number of carboxylic acid groups (broad SMARTS) is 2. The van der Waals surface area contributed by atoms with E-state index in [1.807, 2.05) is 0 Å². The predicted molar refractivity (Wildman–Crippen MR) is 109 cm³/mol. The van der Waals surface area contributed by atoms with Crippen molar-refractivity contribution in [1.29, 1.82) is 0 Å². The Bertz CT molecular complexity index is 334. The normalized spacial score (nSPS) is 17.4. The van der Waals surface area contributed by atoms with Crippen molar-refractivity contribution >= 4 is 46.6 Å². The van der Waals surface area contributed by atoms with Crippen LogP contribution in [0, 0.1) is 0 Å². The second kappa shape index (κ2) is 26.3. The predicted octanol–water partition coefficient (Wildman–Crippen LogP) is -9.11. The Morgan fingerprint density at radius 1 is 0.548 bits per heavy atom. The Labute approximate surface area is 206 Å². The Morgan fingerprint density at radius 2 is 0.645 bits per heavy atom. The van der Waals surface area contributed by atoms with E-state index in [1.165, 1.54) is 0 Å². The van der Waals surface area contributed by atoms with E-state index in [2.05, 4.69) is 0 Å². The van der Waals surface area contributed by atoms with Crippen LogP contribution in [0.5, 0.6) is 0 Å². The fraction of sp³-hybridized carbons (Fsp3) is 0.923. The number of rotatable bonds is 10. The van der Waals surface area contributed by atoms with Crippen LogP contribution in [-0.2, 0) is 0 Å². The molecule has 8 unspecified atom stereocenters. The second-order valence-electron chi connectivity index (χ2n) is 5.24. The summed E-state index contributed by atoms with van der Waals surface area (Å²) < 4.78 is 0. The first-order valence-electron chi connectivity index (χ1n) is 7.61. The molecule has 16 nitrogen and oxygen atoms in total.